The summed E-state index contributed by atoms with van der Waals surface area (Å²) >= 11 is 0. The molecule has 1 fully saturated rings. The minimum absolute atomic E-state index is 0.109. The topological polar surface area (TPSA) is 33.2 Å². The second-order valence-electron chi connectivity index (χ2n) is 3.78. The van der Waals surface area contributed by atoms with Crippen molar-refractivity contribution in [2.24, 2.45) is 0 Å². The van der Waals surface area contributed by atoms with Crippen molar-refractivity contribution < 1.29 is 9.18 Å². The van der Waals surface area contributed by atoms with Gasteiger partial charge in [0.15, 0.2) is 0 Å². The fraction of sp³-hybridized carbons (Fsp3) is 0.400. The molecule has 1 saturated carbocycles. The van der Waals surface area contributed by atoms with Crippen molar-refractivity contribution >= 4 is 5.91 Å². The summed E-state index contributed by atoms with van der Waals surface area (Å²) in [6.45, 7) is 0.401. The maximum atomic E-state index is 13.3. The molecule has 2 heterocycles. The lowest BCUT2D eigenvalue weighted by molar-refractivity contribution is 0.0762. The molecule has 0 bridgehead atoms. The van der Waals surface area contributed by atoms with E-state index in [0.29, 0.717) is 23.8 Å². The quantitative estimate of drug-likeness (QED) is 0.672. The molecular weight excluding hydrogens is 183 g/mol. The Hall–Kier alpha value is -1.45. The van der Waals surface area contributed by atoms with E-state index in [-0.39, 0.29) is 11.7 Å². The Kier molecular flexibility index (Phi) is 1.43. The smallest absolute Gasteiger partial charge is 0.273 e. The first-order valence-corrected chi connectivity index (χ1v) is 4.72. The zero-order valence-corrected chi connectivity index (χ0v) is 7.53. The summed E-state index contributed by atoms with van der Waals surface area (Å²) in [6, 6.07) is 1.64. The highest BCUT2D eigenvalue weighted by Crippen LogP contribution is 2.34. The van der Waals surface area contributed by atoms with Crippen LogP contribution in [0.1, 0.15) is 28.9 Å². The first-order valence-electron chi connectivity index (χ1n) is 4.72. The largest absolute Gasteiger partial charge is 0.330 e. The fourth-order valence-corrected chi connectivity index (χ4v) is 1.86. The third-order valence-corrected chi connectivity index (χ3v) is 2.78. The number of hydrogen-bond donors (Lipinski definition) is 0. The first kappa shape index (κ1) is 7.91. The zero-order chi connectivity index (χ0) is 9.71. The minimum Gasteiger partial charge on any atom is -0.330 e. The third-order valence-electron chi connectivity index (χ3n) is 2.78. The number of amides is 1. The molecule has 0 saturated heterocycles. The van der Waals surface area contributed by atoms with Crippen LogP contribution in [0.25, 0.3) is 0 Å². The molecule has 3 nitrogen and oxygen atoms in total. The van der Waals surface area contributed by atoms with Crippen molar-refractivity contribution in [2.45, 2.75) is 25.4 Å². The van der Waals surface area contributed by atoms with Crippen LogP contribution in [0.4, 0.5) is 4.39 Å². The van der Waals surface area contributed by atoms with Crippen LogP contribution in [0.3, 0.4) is 0 Å². The monoisotopic (exact) mass is 192 g/mol. The van der Waals surface area contributed by atoms with Gasteiger partial charge in [-0.15, -0.1) is 0 Å². The van der Waals surface area contributed by atoms with Gasteiger partial charge in [-0.3, -0.25) is 9.78 Å². The summed E-state index contributed by atoms with van der Waals surface area (Å²) in [5.74, 6) is -0.423. The number of hydrogen-bond acceptors (Lipinski definition) is 2. The van der Waals surface area contributed by atoms with Crippen LogP contribution in [0.2, 0.25) is 0 Å². The summed E-state index contributed by atoms with van der Waals surface area (Å²) in [7, 11) is 0. The van der Waals surface area contributed by atoms with Crippen LogP contribution in [0.15, 0.2) is 12.3 Å². The van der Waals surface area contributed by atoms with Gasteiger partial charge in [-0.05, 0) is 18.9 Å². The van der Waals surface area contributed by atoms with Crippen LogP contribution in [-0.2, 0) is 6.54 Å². The van der Waals surface area contributed by atoms with E-state index in [1.807, 2.05) is 0 Å². The van der Waals surface area contributed by atoms with Crippen LogP contribution >= 0.6 is 0 Å². The molecule has 1 aliphatic heterocycles. The highest BCUT2D eigenvalue weighted by molar-refractivity contribution is 5.96. The van der Waals surface area contributed by atoms with Crippen LogP contribution < -0.4 is 0 Å². The second-order valence-corrected chi connectivity index (χ2v) is 3.78. The van der Waals surface area contributed by atoms with E-state index in [1.54, 1.807) is 4.90 Å². The number of carbonyl (C=O) groups excluding carboxylic acids is 1. The average Bonchev–Trinajstić information content (AvgIpc) is 2.94. The van der Waals surface area contributed by atoms with E-state index in [4.69, 9.17) is 0 Å². The van der Waals surface area contributed by atoms with Crippen molar-refractivity contribution in [3.8, 4) is 0 Å². The summed E-state index contributed by atoms with van der Waals surface area (Å²) in [5, 5.41) is 0. The van der Waals surface area contributed by atoms with E-state index < -0.39 is 0 Å². The van der Waals surface area contributed by atoms with Gasteiger partial charge in [-0.2, -0.15) is 0 Å². The van der Waals surface area contributed by atoms with E-state index in [1.165, 1.54) is 12.3 Å². The van der Waals surface area contributed by atoms with Crippen molar-refractivity contribution in [1.29, 1.82) is 0 Å². The van der Waals surface area contributed by atoms with Crippen molar-refractivity contribution in [3.05, 3.63) is 29.3 Å². The van der Waals surface area contributed by atoms with Crippen LogP contribution in [0, 0.1) is 5.82 Å². The van der Waals surface area contributed by atoms with Gasteiger partial charge in [0.2, 0.25) is 0 Å². The highest BCUT2D eigenvalue weighted by atomic mass is 19.1. The van der Waals surface area contributed by atoms with Crippen molar-refractivity contribution in [1.82, 2.24) is 9.88 Å². The maximum absolute atomic E-state index is 13.3. The molecule has 0 radical (unpaired) electrons. The standard InChI is InChI=1S/C10H9FN2O/c11-8-3-4-12-9-7(8)5-13(10(9)14)6-1-2-6/h3-4,6H,1-2,5H2. The highest BCUT2D eigenvalue weighted by Gasteiger charge is 2.40. The lowest BCUT2D eigenvalue weighted by Crippen LogP contribution is -2.26. The molecule has 3 rings (SSSR count). The Morgan fingerprint density at radius 3 is 2.93 bits per heavy atom. The number of halogens is 1. The van der Waals surface area contributed by atoms with Gasteiger partial charge in [0.05, 0.1) is 6.54 Å². The van der Waals surface area contributed by atoms with Gasteiger partial charge < -0.3 is 4.90 Å². The Bertz CT molecular complexity index is 415. The lowest BCUT2D eigenvalue weighted by Gasteiger charge is -2.12. The predicted molar refractivity (Wildman–Crippen MR) is 47.1 cm³/mol. The molecular formula is C10H9FN2O. The van der Waals surface area contributed by atoms with Crippen molar-refractivity contribution in [2.75, 3.05) is 0 Å². The molecule has 0 aromatic carbocycles. The molecule has 1 aromatic heterocycles. The van der Waals surface area contributed by atoms with E-state index in [0.717, 1.165) is 12.8 Å². The van der Waals surface area contributed by atoms with Crippen LogP contribution in [0.5, 0.6) is 0 Å². The number of rotatable bonds is 1. The fourth-order valence-electron chi connectivity index (χ4n) is 1.86. The number of aromatic nitrogens is 1. The Labute approximate surface area is 80.6 Å². The molecule has 0 spiro atoms. The molecule has 0 atom stereocenters. The first-order chi connectivity index (χ1) is 6.77. The molecule has 72 valence electrons. The third kappa shape index (κ3) is 0.967. The Morgan fingerprint density at radius 1 is 1.50 bits per heavy atom. The lowest BCUT2D eigenvalue weighted by atomic mass is 10.2. The number of carbonyl (C=O) groups is 1. The molecule has 0 N–H and O–H groups in total. The number of nitrogens with zero attached hydrogens (tertiary/aromatic N) is 2. The molecule has 1 aliphatic carbocycles. The average molecular weight is 192 g/mol. The maximum Gasteiger partial charge on any atom is 0.273 e. The molecule has 1 amide bonds. The number of pyridine rings is 1. The summed E-state index contributed by atoms with van der Waals surface area (Å²) in [6.07, 6.45) is 3.44. The summed E-state index contributed by atoms with van der Waals surface area (Å²) in [5.41, 5.74) is 0.765. The minimum atomic E-state index is -0.313. The van der Waals surface area contributed by atoms with Gasteiger partial charge >= 0.3 is 0 Å². The Balaban J connectivity index is 2.05. The number of fused-ring (bicyclic) bond motifs is 1. The van der Waals surface area contributed by atoms with Crippen molar-refractivity contribution in [3.63, 3.8) is 0 Å². The SMILES string of the molecule is O=C1c2nccc(F)c2CN1C1CC1. The molecule has 14 heavy (non-hydrogen) atoms. The molecule has 4 heteroatoms. The van der Waals surface area contributed by atoms with Gasteiger partial charge in [-0.1, -0.05) is 0 Å². The van der Waals surface area contributed by atoms with Gasteiger partial charge in [0.25, 0.3) is 5.91 Å². The molecule has 0 unspecified atom stereocenters. The van der Waals surface area contributed by atoms with E-state index in [2.05, 4.69) is 4.98 Å². The van der Waals surface area contributed by atoms with E-state index in [9.17, 15) is 9.18 Å². The zero-order valence-electron chi connectivity index (χ0n) is 7.53. The van der Waals surface area contributed by atoms with Gasteiger partial charge in [0.1, 0.15) is 11.5 Å². The summed E-state index contributed by atoms with van der Waals surface area (Å²) in [4.78, 5) is 17.4. The molecule has 2 aliphatic rings. The molecule has 1 aromatic rings. The normalized spacial score (nSPS) is 20.1. The summed E-state index contributed by atoms with van der Waals surface area (Å²) < 4.78 is 13.3. The van der Waals surface area contributed by atoms with Crippen LogP contribution in [-0.4, -0.2) is 21.8 Å². The van der Waals surface area contributed by atoms with E-state index >= 15 is 0 Å². The Morgan fingerprint density at radius 2 is 2.29 bits per heavy atom. The second kappa shape index (κ2) is 2.53. The van der Waals surface area contributed by atoms with Gasteiger partial charge in [-0.25, -0.2) is 4.39 Å². The van der Waals surface area contributed by atoms with Gasteiger partial charge in [0, 0.05) is 17.8 Å². The predicted octanol–water partition coefficient (Wildman–Crippen LogP) is 1.34.